The highest BCUT2D eigenvalue weighted by atomic mass is 35.5. The third-order valence-corrected chi connectivity index (χ3v) is 3.22. The van der Waals surface area contributed by atoms with Crippen molar-refractivity contribution in [2.45, 2.75) is 19.8 Å². The largest absolute Gasteiger partial charge is 0.355 e. The average Bonchev–Trinajstić information content (AvgIpc) is 2.41. The molecule has 0 aliphatic carbocycles. The van der Waals surface area contributed by atoms with Gasteiger partial charge in [-0.05, 0) is 36.2 Å². The Hall–Kier alpha value is -1.98. The van der Waals surface area contributed by atoms with Gasteiger partial charge in [-0.25, -0.2) is 0 Å². The second kappa shape index (κ2) is 6.26. The van der Waals surface area contributed by atoms with Crippen LogP contribution in [0.15, 0.2) is 42.5 Å². The van der Waals surface area contributed by atoms with Gasteiger partial charge < -0.3 is 5.32 Å². The molecule has 0 heterocycles. The molecule has 2 aromatic carbocycles. The van der Waals surface area contributed by atoms with Gasteiger partial charge in [0.05, 0.1) is 10.6 Å². The first kappa shape index (κ1) is 13.5. The molecule has 2 nitrogen and oxygen atoms in total. The molecule has 0 atom stereocenters. The third kappa shape index (κ3) is 3.27. The van der Waals surface area contributed by atoms with Gasteiger partial charge in [-0.15, -0.1) is 0 Å². The van der Waals surface area contributed by atoms with Crippen LogP contribution in [-0.2, 0) is 6.42 Å². The third-order valence-electron chi connectivity index (χ3n) is 2.91. The quantitative estimate of drug-likeness (QED) is 0.857. The van der Waals surface area contributed by atoms with Gasteiger partial charge in [0.15, 0.2) is 0 Å². The molecular weight excluding hydrogens is 256 g/mol. The van der Waals surface area contributed by atoms with Crippen molar-refractivity contribution in [1.82, 2.24) is 0 Å². The zero-order valence-electron chi connectivity index (χ0n) is 10.8. The fraction of sp³-hybridized carbons (Fsp3) is 0.188. The lowest BCUT2D eigenvalue weighted by molar-refractivity contribution is 0.923. The van der Waals surface area contributed by atoms with E-state index >= 15 is 0 Å². The SMILES string of the molecule is CCCc1ccccc1Nc1ccc(C#N)c(Cl)c1. The van der Waals surface area contributed by atoms with Crippen LogP contribution in [0.4, 0.5) is 11.4 Å². The van der Waals surface area contributed by atoms with Crippen LogP contribution in [-0.4, -0.2) is 0 Å². The van der Waals surface area contributed by atoms with E-state index in [9.17, 15) is 0 Å². The van der Waals surface area contributed by atoms with Crippen LogP contribution in [0.2, 0.25) is 5.02 Å². The van der Waals surface area contributed by atoms with E-state index in [1.54, 1.807) is 12.1 Å². The van der Waals surface area contributed by atoms with Crippen molar-refractivity contribution in [3.63, 3.8) is 0 Å². The van der Waals surface area contributed by atoms with E-state index in [0.29, 0.717) is 10.6 Å². The van der Waals surface area contributed by atoms with E-state index in [1.807, 2.05) is 18.2 Å². The first-order valence-electron chi connectivity index (χ1n) is 6.29. The van der Waals surface area contributed by atoms with E-state index in [-0.39, 0.29) is 0 Å². The number of benzene rings is 2. The van der Waals surface area contributed by atoms with Crippen molar-refractivity contribution in [3.8, 4) is 6.07 Å². The number of halogens is 1. The van der Waals surface area contributed by atoms with E-state index in [1.165, 1.54) is 5.56 Å². The maximum Gasteiger partial charge on any atom is 0.101 e. The summed E-state index contributed by atoms with van der Waals surface area (Å²) < 4.78 is 0. The predicted molar refractivity (Wildman–Crippen MR) is 79.9 cm³/mol. The Bertz CT molecular complexity index is 614. The average molecular weight is 271 g/mol. The summed E-state index contributed by atoms with van der Waals surface area (Å²) in [4.78, 5) is 0. The van der Waals surface area contributed by atoms with Crippen molar-refractivity contribution >= 4 is 23.0 Å². The molecule has 96 valence electrons. The number of hydrogen-bond acceptors (Lipinski definition) is 2. The van der Waals surface area contributed by atoms with Gasteiger partial charge in [-0.1, -0.05) is 43.1 Å². The summed E-state index contributed by atoms with van der Waals surface area (Å²) in [6, 6.07) is 15.7. The Morgan fingerprint density at radius 1 is 1.21 bits per heavy atom. The van der Waals surface area contributed by atoms with Gasteiger partial charge in [-0.2, -0.15) is 5.26 Å². The van der Waals surface area contributed by atoms with Crippen molar-refractivity contribution in [2.24, 2.45) is 0 Å². The van der Waals surface area contributed by atoms with Crippen molar-refractivity contribution in [2.75, 3.05) is 5.32 Å². The molecule has 0 saturated carbocycles. The topological polar surface area (TPSA) is 35.8 Å². The van der Waals surface area contributed by atoms with E-state index in [4.69, 9.17) is 16.9 Å². The van der Waals surface area contributed by atoms with Gasteiger partial charge in [0.2, 0.25) is 0 Å². The van der Waals surface area contributed by atoms with Crippen molar-refractivity contribution < 1.29 is 0 Å². The summed E-state index contributed by atoms with van der Waals surface area (Å²) >= 11 is 6.03. The van der Waals surface area contributed by atoms with Gasteiger partial charge >= 0.3 is 0 Å². The lowest BCUT2D eigenvalue weighted by Crippen LogP contribution is -1.96. The molecule has 2 rings (SSSR count). The summed E-state index contributed by atoms with van der Waals surface area (Å²) in [6.07, 6.45) is 2.14. The second-order valence-corrected chi connectivity index (χ2v) is 4.75. The summed E-state index contributed by atoms with van der Waals surface area (Å²) in [5.41, 5.74) is 3.76. The normalized spacial score (nSPS) is 9.95. The summed E-state index contributed by atoms with van der Waals surface area (Å²) in [6.45, 7) is 2.16. The van der Waals surface area contributed by atoms with Crippen molar-refractivity contribution in [1.29, 1.82) is 5.26 Å². The summed E-state index contributed by atoms with van der Waals surface area (Å²) in [7, 11) is 0. The monoisotopic (exact) mass is 270 g/mol. The molecule has 0 aliphatic heterocycles. The maximum atomic E-state index is 8.86. The van der Waals surface area contributed by atoms with Crippen LogP contribution in [0.3, 0.4) is 0 Å². The lowest BCUT2D eigenvalue weighted by Gasteiger charge is -2.12. The van der Waals surface area contributed by atoms with Crippen LogP contribution in [0.1, 0.15) is 24.5 Å². The molecule has 19 heavy (non-hydrogen) atoms. The number of para-hydroxylation sites is 1. The number of nitrogens with zero attached hydrogens (tertiary/aromatic N) is 1. The second-order valence-electron chi connectivity index (χ2n) is 4.34. The molecule has 0 spiro atoms. The van der Waals surface area contributed by atoms with Crippen LogP contribution in [0.5, 0.6) is 0 Å². The Labute approximate surface area is 118 Å². The van der Waals surface area contributed by atoms with Crippen LogP contribution >= 0.6 is 11.6 Å². The minimum atomic E-state index is 0.473. The number of hydrogen-bond donors (Lipinski definition) is 1. The van der Waals surface area contributed by atoms with Crippen LogP contribution in [0, 0.1) is 11.3 Å². The first-order valence-corrected chi connectivity index (χ1v) is 6.67. The van der Waals surface area contributed by atoms with Gasteiger partial charge in [0.1, 0.15) is 6.07 Å². The molecule has 0 saturated heterocycles. The molecule has 0 fully saturated rings. The summed E-state index contributed by atoms with van der Waals surface area (Å²) in [5, 5.41) is 12.7. The number of nitriles is 1. The molecule has 0 bridgehead atoms. The van der Waals surface area contributed by atoms with Crippen LogP contribution in [0.25, 0.3) is 0 Å². The van der Waals surface area contributed by atoms with E-state index < -0.39 is 0 Å². The summed E-state index contributed by atoms with van der Waals surface area (Å²) in [5.74, 6) is 0. The van der Waals surface area contributed by atoms with E-state index in [2.05, 4.69) is 30.4 Å². The molecule has 0 unspecified atom stereocenters. The number of aryl methyl sites for hydroxylation is 1. The highest BCUT2D eigenvalue weighted by molar-refractivity contribution is 6.32. The molecule has 3 heteroatoms. The Morgan fingerprint density at radius 2 is 2.00 bits per heavy atom. The first-order chi connectivity index (χ1) is 9.24. The van der Waals surface area contributed by atoms with E-state index in [0.717, 1.165) is 24.2 Å². The minimum absolute atomic E-state index is 0.473. The zero-order valence-corrected chi connectivity index (χ0v) is 11.5. The Morgan fingerprint density at radius 3 is 2.68 bits per heavy atom. The van der Waals surface area contributed by atoms with Gasteiger partial charge in [0.25, 0.3) is 0 Å². The van der Waals surface area contributed by atoms with Gasteiger partial charge in [-0.3, -0.25) is 0 Å². The number of anilines is 2. The zero-order chi connectivity index (χ0) is 13.7. The Kier molecular flexibility index (Phi) is 4.43. The highest BCUT2D eigenvalue weighted by Gasteiger charge is 2.04. The smallest absolute Gasteiger partial charge is 0.101 e. The molecule has 1 N–H and O–H groups in total. The molecular formula is C16H15ClN2. The van der Waals surface area contributed by atoms with Crippen LogP contribution < -0.4 is 5.32 Å². The fourth-order valence-electron chi connectivity index (χ4n) is 1.97. The molecule has 0 amide bonds. The fourth-order valence-corrected chi connectivity index (χ4v) is 2.19. The highest BCUT2D eigenvalue weighted by Crippen LogP contribution is 2.25. The maximum absolute atomic E-state index is 8.86. The van der Waals surface area contributed by atoms with Crippen molar-refractivity contribution in [3.05, 3.63) is 58.6 Å². The predicted octanol–water partition coefficient (Wildman–Crippen LogP) is 4.91. The van der Waals surface area contributed by atoms with Gasteiger partial charge in [0, 0.05) is 11.4 Å². The number of rotatable bonds is 4. The molecule has 0 radical (unpaired) electrons. The molecule has 0 aliphatic rings. The lowest BCUT2D eigenvalue weighted by atomic mass is 10.1. The minimum Gasteiger partial charge on any atom is -0.355 e. The molecule has 0 aromatic heterocycles. The molecule has 2 aromatic rings. The Balaban J connectivity index is 2.26. The standard InChI is InChI=1S/C16H15ClN2/c1-2-5-12-6-3-4-7-16(12)19-14-9-8-13(11-18)15(17)10-14/h3-4,6-10,19H,2,5H2,1H3. The number of nitrogens with one attached hydrogen (secondary N) is 1.